The maximum Gasteiger partial charge on any atom is 0.265 e. The van der Waals surface area contributed by atoms with Crippen LogP contribution in [0.25, 0.3) is 0 Å². The van der Waals surface area contributed by atoms with Gasteiger partial charge in [0.25, 0.3) is 11.8 Å². The average Bonchev–Trinajstić information content (AvgIpc) is 3.00. The van der Waals surface area contributed by atoms with Crippen molar-refractivity contribution < 1.29 is 19.2 Å². The van der Waals surface area contributed by atoms with E-state index in [1.165, 1.54) is 14.7 Å². The van der Waals surface area contributed by atoms with Gasteiger partial charge in [0, 0.05) is 30.0 Å². The molecule has 3 heterocycles. The van der Waals surface area contributed by atoms with Crippen molar-refractivity contribution >= 4 is 35.2 Å². The Bertz CT molecular complexity index is 797. The highest BCUT2D eigenvalue weighted by Gasteiger charge is 2.66. The number of halogens is 1. The van der Waals surface area contributed by atoms with Gasteiger partial charge in [0.1, 0.15) is 6.54 Å². The van der Waals surface area contributed by atoms with Crippen LogP contribution in [-0.4, -0.2) is 87.0 Å². The minimum Gasteiger partial charge on any atom is -0.328 e. The van der Waals surface area contributed by atoms with Crippen LogP contribution in [0.4, 0.5) is 0 Å². The SMILES string of the molecule is CC1CC(N2C(=O)CC3(C(=O)N(C(C)C)CC(=O)N3CC3CCC(Cl)CC3)C2=O)CCN1. The number of nitrogens with zero attached hydrogens (tertiary/aromatic N) is 3. The highest BCUT2D eigenvalue weighted by molar-refractivity contribution is 6.24. The molecule has 0 aromatic heterocycles. The Labute approximate surface area is 195 Å². The molecule has 0 aromatic rings. The monoisotopic (exact) mass is 466 g/mol. The van der Waals surface area contributed by atoms with Crippen molar-refractivity contribution in [3.05, 3.63) is 0 Å². The molecular formula is C23H35ClN4O4. The number of piperidine rings is 1. The summed E-state index contributed by atoms with van der Waals surface area (Å²) in [6.45, 7) is 6.70. The molecule has 4 fully saturated rings. The van der Waals surface area contributed by atoms with Crippen LogP contribution in [-0.2, 0) is 19.2 Å². The van der Waals surface area contributed by atoms with Crippen molar-refractivity contribution in [1.29, 1.82) is 0 Å². The molecule has 3 unspecified atom stereocenters. The molecule has 1 aliphatic carbocycles. The lowest BCUT2D eigenvalue weighted by atomic mass is 9.84. The van der Waals surface area contributed by atoms with Gasteiger partial charge in [-0.15, -0.1) is 11.6 Å². The summed E-state index contributed by atoms with van der Waals surface area (Å²) < 4.78 is 0. The molecule has 3 aliphatic heterocycles. The Morgan fingerprint density at radius 1 is 1.03 bits per heavy atom. The normalized spacial score (nSPS) is 36.7. The topological polar surface area (TPSA) is 90.0 Å². The number of hydrogen-bond acceptors (Lipinski definition) is 5. The highest BCUT2D eigenvalue weighted by atomic mass is 35.5. The molecule has 32 heavy (non-hydrogen) atoms. The van der Waals surface area contributed by atoms with E-state index in [1.807, 2.05) is 20.8 Å². The van der Waals surface area contributed by atoms with Gasteiger partial charge in [-0.2, -0.15) is 0 Å². The van der Waals surface area contributed by atoms with Crippen molar-refractivity contribution in [3.63, 3.8) is 0 Å². The molecule has 0 bridgehead atoms. The number of amides is 4. The fourth-order valence-electron chi connectivity index (χ4n) is 5.89. The number of imide groups is 1. The van der Waals surface area contributed by atoms with Gasteiger partial charge >= 0.3 is 0 Å². The fraction of sp³-hybridized carbons (Fsp3) is 0.826. The van der Waals surface area contributed by atoms with Crippen LogP contribution >= 0.6 is 11.6 Å². The molecule has 1 spiro atoms. The molecule has 4 aliphatic rings. The Balaban J connectivity index is 1.68. The zero-order chi connectivity index (χ0) is 23.2. The van der Waals surface area contributed by atoms with Crippen LogP contribution in [0.2, 0.25) is 0 Å². The summed E-state index contributed by atoms with van der Waals surface area (Å²) in [5.41, 5.74) is -1.73. The second-order valence-electron chi connectivity index (χ2n) is 10.3. The first kappa shape index (κ1) is 23.5. The summed E-state index contributed by atoms with van der Waals surface area (Å²) in [6, 6.07) is -0.284. The third-order valence-corrected chi connectivity index (χ3v) is 8.17. The summed E-state index contributed by atoms with van der Waals surface area (Å²) in [6.07, 6.45) is 4.50. The molecule has 1 saturated carbocycles. The van der Waals surface area contributed by atoms with E-state index < -0.39 is 17.4 Å². The first-order valence-corrected chi connectivity index (χ1v) is 12.4. The molecule has 4 rings (SSSR count). The molecule has 1 N–H and O–H groups in total. The summed E-state index contributed by atoms with van der Waals surface area (Å²) in [5, 5.41) is 3.48. The second-order valence-corrected chi connectivity index (χ2v) is 10.9. The fourth-order valence-corrected chi connectivity index (χ4v) is 6.14. The molecule has 0 aromatic carbocycles. The Hall–Kier alpha value is -1.67. The zero-order valence-corrected chi connectivity index (χ0v) is 20.1. The number of rotatable bonds is 4. The third kappa shape index (κ3) is 3.94. The zero-order valence-electron chi connectivity index (χ0n) is 19.3. The molecule has 8 nitrogen and oxygen atoms in total. The summed E-state index contributed by atoms with van der Waals surface area (Å²) in [5.74, 6) is -1.30. The lowest BCUT2D eigenvalue weighted by Crippen LogP contribution is -2.72. The lowest BCUT2D eigenvalue weighted by molar-refractivity contribution is -0.173. The minimum atomic E-state index is -1.73. The van der Waals surface area contributed by atoms with E-state index in [1.54, 1.807) is 0 Å². The van der Waals surface area contributed by atoms with Crippen molar-refractivity contribution in [2.45, 2.75) is 94.8 Å². The predicted molar refractivity (Wildman–Crippen MR) is 120 cm³/mol. The molecular weight excluding hydrogens is 432 g/mol. The van der Waals surface area contributed by atoms with E-state index in [0.29, 0.717) is 25.9 Å². The first-order chi connectivity index (χ1) is 15.1. The lowest BCUT2D eigenvalue weighted by Gasteiger charge is -2.48. The summed E-state index contributed by atoms with van der Waals surface area (Å²) in [4.78, 5) is 58.6. The molecule has 178 valence electrons. The van der Waals surface area contributed by atoms with E-state index in [0.717, 1.165) is 25.7 Å². The Morgan fingerprint density at radius 2 is 1.72 bits per heavy atom. The number of likely N-dealkylation sites (tertiary alicyclic amines) is 1. The van der Waals surface area contributed by atoms with Gasteiger partial charge in [-0.25, -0.2) is 0 Å². The van der Waals surface area contributed by atoms with Gasteiger partial charge in [-0.3, -0.25) is 24.1 Å². The van der Waals surface area contributed by atoms with E-state index in [-0.39, 0.29) is 54.2 Å². The van der Waals surface area contributed by atoms with Crippen LogP contribution in [0.15, 0.2) is 0 Å². The third-order valence-electron chi connectivity index (χ3n) is 7.73. The molecule has 3 atom stereocenters. The number of nitrogens with one attached hydrogen (secondary N) is 1. The van der Waals surface area contributed by atoms with Crippen molar-refractivity contribution in [3.8, 4) is 0 Å². The van der Waals surface area contributed by atoms with Gasteiger partial charge in [-0.1, -0.05) is 0 Å². The van der Waals surface area contributed by atoms with Gasteiger partial charge < -0.3 is 15.1 Å². The van der Waals surface area contributed by atoms with Crippen LogP contribution in [0.3, 0.4) is 0 Å². The first-order valence-electron chi connectivity index (χ1n) is 12.0. The Kier molecular flexibility index (Phi) is 6.56. The number of piperazine rings is 1. The maximum absolute atomic E-state index is 13.9. The minimum absolute atomic E-state index is 0.0467. The molecule has 3 saturated heterocycles. The molecule has 9 heteroatoms. The average molecular weight is 467 g/mol. The van der Waals surface area contributed by atoms with Crippen molar-refractivity contribution in [2.24, 2.45) is 5.92 Å². The molecule has 4 amide bonds. The van der Waals surface area contributed by atoms with Gasteiger partial charge in [-0.05, 0) is 71.8 Å². The molecule has 0 radical (unpaired) electrons. The van der Waals surface area contributed by atoms with E-state index in [2.05, 4.69) is 5.32 Å². The number of carbonyl (C=O) groups is 4. The van der Waals surface area contributed by atoms with Crippen LogP contribution in [0.5, 0.6) is 0 Å². The standard InChI is InChI=1S/C23H35ClN4O4/c1-14(2)26-13-20(30)27(12-16-4-6-17(24)7-5-16)23(21(26)31)11-19(29)28(22(23)32)18-8-9-25-15(3)10-18/h14-18,25H,4-13H2,1-3H3. The highest BCUT2D eigenvalue weighted by Crippen LogP contribution is 2.40. The number of carbonyl (C=O) groups excluding carboxylic acids is 4. The van der Waals surface area contributed by atoms with Gasteiger partial charge in [0.15, 0.2) is 0 Å². The Morgan fingerprint density at radius 3 is 2.34 bits per heavy atom. The van der Waals surface area contributed by atoms with Gasteiger partial charge in [0.05, 0.1) is 6.42 Å². The summed E-state index contributed by atoms with van der Waals surface area (Å²) in [7, 11) is 0. The number of hydrogen-bond donors (Lipinski definition) is 1. The summed E-state index contributed by atoms with van der Waals surface area (Å²) >= 11 is 6.26. The van der Waals surface area contributed by atoms with Crippen LogP contribution in [0.1, 0.15) is 65.7 Å². The smallest absolute Gasteiger partial charge is 0.265 e. The second kappa shape index (κ2) is 8.93. The number of alkyl halides is 1. The van der Waals surface area contributed by atoms with Gasteiger partial charge in [0.2, 0.25) is 17.4 Å². The van der Waals surface area contributed by atoms with Crippen LogP contribution in [0, 0.1) is 5.92 Å². The quantitative estimate of drug-likeness (QED) is 0.385. The van der Waals surface area contributed by atoms with Crippen LogP contribution < -0.4 is 5.32 Å². The van der Waals surface area contributed by atoms with E-state index in [4.69, 9.17) is 11.6 Å². The van der Waals surface area contributed by atoms with Crippen molar-refractivity contribution in [1.82, 2.24) is 20.0 Å². The largest absolute Gasteiger partial charge is 0.328 e. The van der Waals surface area contributed by atoms with E-state index in [9.17, 15) is 19.2 Å². The predicted octanol–water partition coefficient (Wildman–Crippen LogP) is 1.50. The van der Waals surface area contributed by atoms with E-state index >= 15 is 0 Å². The van der Waals surface area contributed by atoms with Crippen molar-refractivity contribution in [2.75, 3.05) is 19.6 Å². The maximum atomic E-state index is 13.9.